The summed E-state index contributed by atoms with van der Waals surface area (Å²) in [4.78, 5) is 16.0. The van der Waals surface area contributed by atoms with Crippen LogP contribution >= 0.6 is 11.6 Å². The van der Waals surface area contributed by atoms with E-state index in [1.54, 1.807) is 22.9 Å². The van der Waals surface area contributed by atoms with Gasteiger partial charge in [-0.3, -0.25) is 15.6 Å². The van der Waals surface area contributed by atoms with Crippen molar-refractivity contribution in [2.24, 2.45) is 0 Å². The van der Waals surface area contributed by atoms with Gasteiger partial charge in [-0.25, -0.2) is 4.98 Å². The Morgan fingerprint density at radius 2 is 1.85 bits per heavy atom. The van der Waals surface area contributed by atoms with Gasteiger partial charge in [-0.2, -0.15) is 13.2 Å². The molecule has 9 heteroatoms. The Kier molecular flexibility index (Phi) is 4.85. The highest BCUT2D eigenvalue weighted by Gasteiger charge is 2.31. The van der Waals surface area contributed by atoms with Crippen LogP contribution in [0.15, 0.2) is 60.9 Å². The molecule has 3 aromatic rings. The summed E-state index contributed by atoms with van der Waals surface area (Å²) in [6.07, 6.45) is -2.20. The molecule has 2 aromatic heterocycles. The summed E-state index contributed by atoms with van der Waals surface area (Å²) in [5.41, 5.74) is 4.94. The number of amides is 1. The Hall–Kier alpha value is -3.00. The van der Waals surface area contributed by atoms with Crippen molar-refractivity contribution in [3.63, 3.8) is 0 Å². The average Bonchev–Trinajstić information content (AvgIpc) is 3.10. The van der Waals surface area contributed by atoms with Gasteiger partial charge in [-0.1, -0.05) is 29.8 Å². The summed E-state index contributed by atoms with van der Waals surface area (Å²) in [5, 5.41) is -0.265. The fourth-order valence-corrected chi connectivity index (χ4v) is 2.46. The molecule has 0 aliphatic carbocycles. The number of carbonyl (C=O) groups excluding carboxylic acids is 1. The topological polar surface area (TPSA) is 59.0 Å². The molecule has 0 saturated carbocycles. The lowest BCUT2D eigenvalue weighted by atomic mass is 10.3. The van der Waals surface area contributed by atoms with E-state index in [0.717, 1.165) is 11.8 Å². The second-order valence-corrected chi connectivity index (χ2v) is 5.64. The third-order valence-electron chi connectivity index (χ3n) is 3.48. The van der Waals surface area contributed by atoms with E-state index in [1.807, 2.05) is 30.3 Å². The molecule has 0 unspecified atom stereocenters. The number of nitrogens with zero attached hydrogens (tertiary/aromatic N) is 2. The van der Waals surface area contributed by atoms with Crippen LogP contribution in [0.3, 0.4) is 0 Å². The number of pyridine rings is 1. The van der Waals surface area contributed by atoms with Crippen molar-refractivity contribution in [3.05, 3.63) is 77.2 Å². The minimum atomic E-state index is -4.55. The highest BCUT2D eigenvalue weighted by atomic mass is 35.5. The van der Waals surface area contributed by atoms with Crippen molar-refractivity contribution in [2.45, 2.75) is 6.18 Å². The van der Waals surface area contributed by atoms with Crippen LogP contribution in [-0.2, 0) is 6.18 Å². The lowest BCUT2D eigenvalue weighted by molar-refractivity contribution is -0.137. The first-order valence-corrected chi connectivity index (χ1v) is 7.76. The predicted molar refractivity (Wildman–Crippen MR) is 91.1 cm³/mol. The molecule has 134 valence electrons. The third-order valence-corrected chi connectivity index (χ3v) is 3.77. The number of benzene rings is 1. The van der Waals surface area contributed by atoms with Crippen molar-refractivity contribution < 1.29 is 18.0 Å². The Morgan fingerprint density at radius 1 is 1.12 bits per heavy atom. The molecule has 1 amide bonds. The summed E-state index contributed by atoms with van der Waals surface area (Å²) in [5.74, 6) is -0.595. The molecule has 0 aliphatic rings. The summed E-state index contributed by atoms with van der Waals surface area (Å²) >= 11 is 5.79. The number of halogens is 4. The monoisotopic (exact) mass is 380 g/mol. The molecule has 0 bridgehead atoms. The molecule has 26 heavy (non-hydrogen) atoms. The Balaban J connectivity index is 1.74. The van der Waals surface area contributed by atoms with E-state index in [9.17, 15) is 18.0 Å². The number of nitrogens with one attached hydrogen (secondary N) is 2. The van der Waals surface area contributed by atoms with Gasteiger partial charge in [0.2, 0.25) is 0 Å². The zero-order chi connectivity index (χ0) is 18.7. The second-order valence-electron chi connectivity index (χ2n) is 5.23. The van der Waals surface area contributed by atoms with Gasteiger partial charge in [0.15, 0.2) is 5.82 Å². The van der Waals surface area contributed by atoms with Crippen molar-refractivity contribution >= 4 is 23.3 Å². The molecule has 0 aliphatic heterocycles. The second kappa shape index (κ2) is 7.09. The van der Waals surface area contributed by atoms with Crippen LogP contribution < -0.4 is 10.9 Å². The molecular weight excluding hydrogens is 369 g/mol. The third kappa shape index (κ3) is 3.80. The van der Waals surface area contributed by atoms with Gasteiger partial charge in [-0.15, -0.1) is 0 Å². The van der Waals surface area contributed by atoms with Crippen LogP contribution in [0.5, 0.6) is 0 Å². The number of hydrazine groups is 1. The fourth-order valence-electron chi connectivity index (χ4n) is 2.24. The molecule has 3 rings (SSSR count). The average molecular weight is 381 g/mol. The van der Waals surface area contributed by atoms with Crippen molar-refractivity contribution in [2.75, 3.05) is 5.43 Å². The molecule has 1 aromatic carbocycles. The van der Waals surface area contributed by atoms with Gasteiger partial charge in [0.25, 0.3) is 5.91 Å². The molecule has 0 saturated heterocycles. The molecule has 0 fully saturated rings. The number of hydrogen-bond donors (Lipinski definition) is 2. The van der Waals surface area contributed by atoms with E-state index in [0.29, 0.717) is 11.9 Å². The van der Waals surface area contributed by atoms with Crippen molar-refractivity contribution in [1.82, 2.24) is 15.0 Å². The smallest absolute Gasteiger partial charge is 0.312 e. The Morgan fingerprint density at radius 3 is 2.50 bits per heavy atom. The summed E-state index contributed by atoms with van der Waals surface area (Å²) < 4.78 is 39.5. The number of carbonyl (C=O) groups is 1. The molecule has 2 heterocycles. The fraction of sp³-hybridized carbons (Fsp3) is 0.0588. The van der Waals surface area contributed by atoms with Gasteiger partial charge < -0.3 is 4.57 Å². The largest absolute Gasteiger partial charge is 0.417 e. The highest BCUT2D eigenvalue weighted by Crippen LogP contribution is 2.32. The van der Waals surface area contributed by atoms with E-state index in [2.05, 4.69) is 15.8 Å². The SMILES string of the molecule is O=C(NNc1ncc(C(F)(F)F)cc1Cl)c1cccn1-c1ccccc1. The summed E-state index contributed by atoms with van der Waals surface area (Å²) in [6.45, 7) is 0. The van der Waals surface area contributed by atoms with E-state index >= 15 is 0 Å². The van der Waals surface area contributed by atoms with E-state index in [-0.39, 0.29) is 10.8 Å². The van der Waals surface area contributed by atoms with Crippen LogP contribution in [-0.4, -0.2) is 15.5 Å². The highest BCUT2D eigenvalue weighted by molar-refractivity contribution is 6.33. The number of aromatic nitrogens is 2. The Bertz CT molecular complexity index is 925. The normalized spacial score (nSPS) is 11.2. The predicted octanol–water partition coefficient (Wildman–Crippen LogP) is 4.30. The number of hydrogen-bond acceptors (Lipinski definition) is 3. The van der Waals surface area contributed by atoms with E-state index < -0.39 is 17.6 Å². The minimum Gasteiger partial charge on any atom is -0.312 e. The molecular formula is C17H12ClF3N4O. The first kappa shape index (κ1) is 17.8. The standard InChI is InChI=1S/C17H12ClF3N4O/c18-13-9-11(17(19,20)21)10-22-15(13)23-24-16(26)14-7-4-8-25(14)12-5-2-1-3-6-12/h1-10H,(H,22,23)(H,24,26). The maximum Gasteiger partial charge on any atom is 0.417 e. The van der Waals surface area contributed by atoms with Crippen LogP contribution in [0.25, 0.3) is 5.69 Å². The lowest BCUT2D eigenvalue weighted by Gasteiger charge is -2.13. The molecule has 0 atom stereocenters. The first-order valence-electron chi connectivity index (χ1n) is 7.38. The quantitative estimate of drug-likeness (QED) is 0.663. The number of alkyl halides is 3. The molecule has 0 radical (unpaired) electrons. The van der Waals surface area contributed by atoms with Gasteiger partial charge in [0.05, 0.1) is 10.6 Å². The van der Waals surface area contributed by atoms with E-state index in [4.69, 9.17) is 11.6 Å². The molecule has 2 N–H and O–H groups in total. The first-order chi connectivity index (χ1) is 12.4. The Labute approximate surface area is 151 Å². The minimum absolute atomic E-state index is 0.0918. The van der Waals surface area contributed by atoms with Gasteiger partial charge >= 0.3 is 6.18 Å². The van der Waals surface area contributed by atoms with Gasteiger partial charge in [0, 0.05) is 18.1 Å². The molecule has 0 spiro atoms. The zero-order valence-corrected chi connectivity index (χ0v) is 13.8. The number of rotatable bonds is 4. The summed E-state index contributed by atoms with van der Waals surface area (Å²) in [6, 6.07) is 13.2. The van der Waals surface area contributed by atoms with Crippen LogP contribution in [0, 0.1) is 0 Å². The van der Waals surface area contributed by atoms with Crippen molar-refractivity contribution in [1.29, 1.82) is 0 Å². The summed E-state index contributed by atoms with van der Waals surface area (Å²) in [7, 11) is 0. The van der Waals surface area contributed by atoms with Gasteiger partial charge in [0.1, 0.15) is 5.69 Å². The maximum atomic E-state index is 12.6. The van der Waals surface area contributed by atoms with Crippen LogP contribution in [0.1, 0.15) is 16.1 Å². The van der Waals surface area contributed by atoms with Crippen LogP contribution in [0.2, 0.25) is 5.02 Å². The number of para-hydroxylation sites is 1. The van der Waals surface area contributed by atoms with Crippen LogP contribution in [0.4, 0.5) is 19.0 Å². The maximum absolute atomic E-state index is 12.6. The van der Waals surface area contributed by atoms with Gasteiger partial charge in [-0.05, 0) is 30.3 Å². The molecule has 5 nitrogen and oxygen atoms in total. The lowest BCUT2D eigenvalue weighted by Crippen LogP contribution is -2.31. The van der Waals surface area contributed by atoms with Crippen molar-refractivity contribution in [3.8, 4) is 5.69 Å². The zero-order valence-electron chi connectivity index (χ0n) is 13.1. The number of anilines is 1. The van der Waals surface area contributed by atoms with E-state index in [1.165, 1.54) is 0 Å².